The van der Waals surface area contributed by atoms with E-state index in [1.807, 2.05) is 0 Å². The summed E-state index contributed by atoms with van der Waals surface area (Å²) in [6.45, 7) is 11.6. The predicted octanol–water partition coefficient (Wildman–Crippen LogP) is 3.64. The second-order valence-electron chi connectivity index (χ2n) is 5.22. The second kappa shape index (κ2) is 19.9. The summed E-state index contributed by atoms with van der Waals surface area (Å²) in [4.78, 5) is 9.98. The first-order valence-corrected chi connectivity index (χ1v) is 10.5. The summed E-state index contributed by atoms with van der Waals surface area (Å²) in [5, 5.41) is 9.98. The van der Waals surface area contributed by atoms with E-state index in [1.165, 1.54) is 13.8 Å². The zero-order valence-electron chi connectivity index (χ0n) is 15.5. The molecule has 0 saturated heterocycles. The fraction of sp³-hybridized carbons (Fsp3) is 0.824. The summed E-state index contributed by atoms with van der Waals surface area (Å²) in [7, 11) is 0. The molecule has 0 unspecified atom stereocenters. The molecule has 0 aliphatic rings. The van der Waals surface area contributed by atoms with Crippen LogP contribution in [0.25, 0.3) is 0 Å². The van der Waals surface area contributed by atoms with Gasteiger partial charge < -0.3 is 5.11 Å². The van der Waals surface area contributed by atoms with Crippen molar-refractivity contribution in [2.45, 2.75) is 73.1 Å². The molecule has 0 heterocycles. The molecule has 23 heavy (non-hydrogen) atoms. The molecule has 5 nitrogen and oxygen atoms in total. The number of unbranched alkanes of at least 4 members (excludes halogenated alkanes) is 3. The van der Waals surface area contributed by atoms with Gasteiger partial charge in [-0.2, -0.15) is 0 Å². The van der Waals surface area contributed by atoms with Crippen molar-refractivity contribution >= 4 is 5.78 Å². The van der Waals surface area contributed by atoms with Crippen molar-refractivity contribution < 1.29 is 38.9 Å². The standard InChI is InChI=1S/C5H8O2.3C4H9O.Ti/c1-4(6)3-5(2)7;3*1-2-3-4-5;/h3,6H,1-2H3;3*2-4H2,1H3;/q;3*-1;+4/p-1/b4-3-;;;;. The third-order valence-corrected chi connectivity index (χ3v) is 4.62. The number of hydrogen-bond acceptors (Lipinski definition) is 5. The van der Waals surface area contributed by atoms with E-state index in [1.54, 1.807) is 0 Å². The SMILES string of the molecule is CC(=O)/C=C(/C)[O-].CCCC[O][Ti+]([O]CCCC)[O]CCCC. The van der Waals surface area contributed by atoms with Crippen LogP contribution in [0, 0.1) is 0 Å². The number of carbonyl (C=O) groups excluding carboxylic acids is 1. The molecule has 0 fully saturated rings. The Bertz CT molecular complexity index is 267. The topological polar surface area (TPSA) is 67.8 Å². The molecule has 0 aliphatic heterocycles. The first kappa shape index (κ1) is 25.0. The Balaban J connectivity index is 0. The van der Waals surface area contributed by atoms with Gasteiger partial charge in [0.2, 0.25) is 0 Å². The van der Waals surface area contributed by atoms with E-state index < -0.39 is 19.0 Å². The number of rotatable bonds is 13. The van der Waals surface area contributed by atoms with Crippen LogP contribution in [0.15, 0.2) is 11.8 Å². The molecule has 0 amide bonds. The number of allylic oxidation sites excluding steroid dienone is 2. The molecule has 136 valence electrons. The van der Waals surface area contributed by atoms with Crippen LogP contribution < -0.4 is 5.11 Å². The molecule has 0 radical (unpaired) electrons. The molecular formula is C17H34O5Ti. The van der Waals surface area contributed by atoms with E-state index in [2.05, 4.69) is 20.8 Å². The van der Waals surface area contributed by atoms with Gasteiger partial charge in [-0.25, -0.2) is 0 Å². The Hall–Kier alpha value is -0.196. The molecule has 6 heteroatoms. The van der Waals surface area contributed by atoms with Crippen molar-refractivity contribution in [2.75, 3.05) is 19.8 Å². The zero-order chi connectivity index (χ0) is 17.9. The third-order valence-electron chi connectivity index (χ3n) is 2.56. The van der Waals surface area contributed by atoms with Gasteiger partial charge in [0.05, 0.1) is 0 Å². The van der Waals surface area contributed by atoms with E-state index >= 15 is 0 Å². The molecule has 0 spiro atoms. The summed E-state index contributed by atoms with van der Waals surface area (Å²) >= 11 is -2.10. The maximum absolute atomic E-state index is 9.98. The van der Waals surface area contributed by atoms with Crippen molar-refractivity contribution in [2.24, 2.45) is 0 Å². The van der Waals surface area contributed by atoms with Gasteiger partial charge in [-0.05, 0) is 13.0 Å². The van der Waals surface area contributed by atoms with E-state index in [0.717, 1.165) is 64.4 Å². The van der Waals surface area contributed by atoms with Crippen LogP contribution in [-0.4, -0.2) is 25.6 Å². The van der Waals surface area contributed by atoms with Crippen LogP contribution in [0.4, 0.5) is 0 Å². The van der Waals surface area contributed by atoms with Crippen molar-refractivity contribution in [3.63, 3.8) is 0 Å². The van der Waals surface area contributed by atoms with E-state index in [-0.39, 0.29) is 11.5 Å². The van der Waals surface area contributed by atoms with Crippen molar-refractivity contribution in [3.05, 3.63) is 11.8 Å². The van der Waals surface area contributed by atoms with Gasteiger partial charge in [0.1, 0.15) is 0 Å². The number of hydrogen-bond donors (Lipinski definition) is 0. The Morgan fingerprint density at radius 3 is 1.39 bits per heavy atom. The zero-order valence-corrected chi connectivity index (χ0v) is 17.0. The summed E-state index contributed by atoms with van der Waals surface area (Å²) in [6, 6.07) is 0. The van der Waals surface area contributed by atoms with Gasteiger partial charge in [0, 0.05) is 0 Å². The average molecular weight is 366 g/mol. The Morgan fingerprint density at radius 2 is 1.22 bits per heavy atom. The van der Waals surface area contributed by atoms with Crippen LogP contribution in [0.5, 0.6) is 0 Å². The van der Waals surface area contributed by atoms with Crippen LogP contribution in [-0.2, 0) is 33.8 Å². The molecule has 0 rings (SSSR count). The monoisotopic (exact) mass is 366 g/mol. The minimum atomic E-state index is -2.10. The number of ketones is 1. The number of carbonyl (C=O) groups is 1. The molecule has 0 N–H and O–H groups in total. The molecular weight excluding hydrogens is 332 g/mol. The van der Waals surface area contributed by atoms with Gasteiger partial charge in [-0.15, -0.1) is 5.76 Å². The van der Waals surface area contributed by atoms with E-state index in [9.17, 15) is 9.90 Å². The van der Waals surface area contributed by atoms with Crippen LogP contribution >= 0.6 is 0 Å². The Morgan fingerprint density at radius 1 is 0.870 bits per heavy atom. The minimum absolute atomic E-state index is 0.187. The van der Waals surface area contributed by atoms with Gasteiger partial charge in [0.25, 0.3) is 0 Å². The van der Waals surface area contributed by atoms with Gasteiger partial charge >= 0.3 is 108 Å². The van der Waals surface area contributed by atoms with E-state index in [0.29, 0.717) is 0 Å². The van der Waals surface area contributed by atoms with Crippen LogP contribution in [0.3, 0.4) is 0 Å². The summed E-state index contributed by atoms with van der Waals surface area (Å²) in [5.41, 5.74) is 0. The first-order chi connectivity index (χ1) is 11.0. The quantitative estimate of drug-likeness (QED) is 0.215. The van der Waals surface area contributed by atoms with E-state index in [4.69, 9.17) is 9.96 Å². The molecule has 0 aliphatic carbocycles. The van der Waals surface area contributed by atoms with Crippen molar-refractivity contribution in [3.8, 4) is 0 Å². The third kappa shape index (κ3) is 24.2. The maximum atomic E-state index is 9.98. The fourth-order valence-corrected chi connectivity index (χ4v) is 3.16. The van der Waals surface area contributed by atoms with Gasteiger partial charge in [-0.1, -0.05) is 6.92 Å². The van der Waals surface area contributed by atoms with Gasteiger partial charge in [-0.3, -0.25) is 4.79 Å². The first-order valence-electron chi connectivity index (χ1n) is 8.59. The summed E-state index contributed by atoms with van der Waals surface area (Å²) < 4.78 is 17.1. The second-order valence-corrected chi connectivity index (χ2v) is 7.35. The summed E-state index contributed by atoms with van der Waals surface area (Å²) in [6.07, 6.45) is 7.85. The summed E-state index contributed by atoms with van der Waals surface area (Å²) in [5.74, 6) is -0.375. The Kier molecular flexibility index (Phi) is 21.6. The molecule has 0 atom stereocenters. The van der Waals surface area contributed by atoms with Crippen molar-refractivity contribution in [1.82, 2.24) is 0 Å². The Labute approximate surface area is 149 Å². The van der Waals surface area contributed by atoms with Gasteiger partial charge in [0.15, 0.2) is 5.78 Å². The molecule has 0 aromatic heterocycles. The molecule has 0 bridgehead atoms. The average Bonchev–Trinajstić information content (AvgIpc) is 2.46. The fourth-order valence-electron chi connectivity index (χ4n) is 1.31. The molecule has 0 aromatic rings. The normalized spacial score (nSPS) is 10.9. The van der Waals surface area contributed by atoms with Crippen molar-refractivity contribution in [1.29, 1.82) is 0 Å². The van der Waals surface area contributed by atoms with Crippen LogP contribution in [0.2, 0.25) is 0 Å². The molecule has 0 aromatic carbocycles. The molecule has 0 saturated carbocycles. The predicted molar refractivity (Wildman–Crippen MR) is 87.0 cm³/mol. The van der Waals surface area contributed by atoms with Crippen LogP contribution in [0.1, 0.15) is 73.1 Å².